The fourth-order valence-corrected chi connectivity index (χ4v) is 2.01. The van der Waals surface area contributed by atoms with Crippen molar-refractivity contribution in [3.05, 3.63) is 52.3 Å². The molecule has 4 N–H and O–H groups in total. The van der Waals surface area contributed by atoms with Gasteiger partial charge in [-0.3, -0.25) is 0 Å². The van der Waals surface area contributed by atoms with Crippen LogP contribution in [-0.2, 0) is 0 Å². The van der Waals surface area contributed by atoms with E-state index in [1.807, 2.05) is 0 Å². The molecule has 0 saturated heterocycles. The van der Waals surface area contributed by atoms with Gasteiger partial charge in [0.05, 0.1) is 16.3 Å². The van der Waals surface area contributed by atoms with E-state index in [1.165, 1.54) is 24.3 Å². The molecule has 0 bridgehead atoms. The Morgan fingerprint density at radius 1 is 1.35 bits per heavy atom. The standard InChI is InChI=1S/C14H12ClFN2O2/c1-7-4-9(6-10(13(7)17)14(19)20)18-12-3-2-8(16)5-11(12)15/h2-6,18H,17H2,1H3,(H,19,20). The number of halogens is 2. The van der Waals surface area contributed by atoms with Crippen LogP contribution in [0, 0.1) is 12.7 Å². The number of carboxylic acid groups (broad SMARTS) is 1. The molecule has 0 aliphatic carbocycles. The average Bonchev–Trinajstić information content (AvgIpc) is 2.36. The van der Waals surface area contributed by atoms with Gasteiger partial charge in [-0.2, -0.15) is 0 Å². The molecule has 0 unspecified atom stereocenters. The van der Waals surface area contributed by atoms with Crippen molar-refractivity contribution >= 4 is 34.6 Å². The molecule has 0 heterocycles. The highest BCUT2D eigenvalue weighted by Crippen LogP contribution is 2.29. The summed E-state index contributed by atoms with van der Waals surface area (Å²) in [7, 11) is 0. The van der Waals surface area contributed by atoms with Gasteiger partial charge in [0.25, 0.3) is 0 Å². The maximum atomic E-state index is 13.0. The Kier molecular flexibility index (Phi) is 3.81. The van der Waals surface area contributed by atoms with E-state index in [4.69, 9.17) is 22.4 Å². The number of anilines is 3. The van der Waals surface area contributed by atoms with Gasteiger partial charge in [-0.15, -0.1) is 0 Å². The van der Waals surface area contributed by atoms with E-state index in [0.29, 0.717) is 16.9 Å². The molecule has 0 spiro atoms. The number of aryl methyl sites for hydroxylation is 1. The lowest BCUT2D eigenvalue weighted by molar-refractivity contribution is 0.0698. The molecule has 2 aromatic carbocycles. The van der Waals surface area contributed by atoms with E-state index in [9.17, 15) is 9.18 Å². The van der Waals surface area contributed by atoms with Crippen molar-refractivity contribution in [2.75, 3.05) is 11.1 Å². The third kappa shape index (κ3) is 2.83. The molecule has 2 aromatic rings. The lowest BCUT2D eigenvalue weighted by Gasteiger charge is -2.12. The zero-order chi connectivity index (χ0) is 14.9. The van der Waals surface area contributed by atoms with E-state index in [0.717, 1.165) is 0 Å². The van der Waals surface area contributed by atoms with Crippen LogP contribution >= 0.6 is 11.6 Å². The smallest absolute Gasteiger partial charge is 0.337 e. The highest BCUT2D eigenvalue weighted by atomic mass is 35.5. The summed E-state index contributed by atoms with van der Waals surface area (Å²) in [6.07, 6.45) is 0. The molecule has 0 amide bonds. The number of benzene rings is 2. The van der Waals surface area contributed by atoms with E-state index >= 15 is 0 Å². The Morgan fingerprint density at radius 2 is 2.05 bits per heavy atom. The zero-order valence-corrected chi connectivity index (χ0v) is 11.3. The maximum absolute atomic E-state index is 13.0. The van der Waals surface area contributed by atoms with Crippen LogP contribution in [0.2, 0.25) is 5.02 Å². The summed E-state index contributed by atoms with van der Waals surface area (Å²) in [6, 6.07) is 7.01. The lowest BCUT2D eigenvalue weighted by atomic mass is 10.1. The molecule has 0 atom stereocenters. The molecular formula is C14H12ClFN2O2. The van der Waals surface area contributed by atoms with Crippen LogP contribution in [-0.4, -0.2) is 11.1 Å². The van der Waals surface area contributed by atoms with Crippen molar-refractivity contribution in [1.29, 1.82) is 0 Å². The third-order valence-corrected chi connectivity index (χ3v) is 3.14. The van der Waals surface area contributed by atoms with Crippen LogP contribution < -0.4 is 11.1 Å². The van der Waals surface area contributed by atoms with Gasteiger partial charge in [-0.1, -0.05) is 11.6 Å². The van der Waals surface area contributed by atoms with Crippen LogP contribution in [0.15, 0.2) is 30.3 Å². The summed E-state index contributed by atoms with van der Waals surface area (Å²) >= 11 is 5.91. The van der Waals surface area contributed by atoms with Crippen LogP contribution in [0.5, 0.6) is 0 Å². The predicted octanol–water partition coefficient (Wildman–Crippen LogP) is 3.81. The highest BCUT2D eigenvalue weighted by Gasteiger charge is 2.12. The first kappa shape index (κ1) is 14.1. The van der Waals surface area contributed by atoms with Crippen molar-refractivity contribution in [1.82, 2.24) is 0 Å². The third-order valence-electron chi connectivity index (χ3n) is 2.83. The second-order valence-corrected chi connectivity index (χ2v) is 4.72. The monoisotopic (exact) mass is 294 g/mol. The number of nitrogens with one attached hydrogen (secondary N) is 1. The van der Waals surface area contributed by atoms with Gasteiger partial charge in [0.1, 0.15) is 5.82 Å². The van der Waals surface area contributed by atoms with E-state index in [2.05, 4.69) is 5.32 Å². The topological polar surface area (TPSA) is 75.3 Å². The molecule has 0 fully saturated rings. The van der Waals surface area contributed by atoms with Crippen LogP contribution in [0.25, 0.3) is 0 Å². The van der Waals surface area contributed by atoms with E-state index < -0.39 is 11.8 Å². The Balaban J connectivity index is 2.41. The average molecular weight is 295 g/mol. The molecular weight excluding hydrogens is 283 g/mol. The van der Waals surface area contributed by atoms with Crippen molar-refractivity contribution in [2.24, 2.45) is 0 Å². The molecule has 20 heavy (non-hydrogen) atoms. The van der Waals surface area contributed by atoms with Crippen molar-refractivity contribution in [3.63, 3.8) is 0 Å². The molecule has 0 saturated carbocycles. The minimum absolute atomic E-state index is 0.00531. The fourth-order valence-electron chi connectivity index (χ4n) is 1.79. The number of carboxylic acids is 1. The van der Waals surface area contributed by atoms with Crippen molar-refractivity contribution in [3.8, 4) is 0 Å². The van der Waals surface area contributed by atoms with Gasteiger partial charge in [-0.25, -0.2) is 9.18 Å². The molecule has 104 valence electrons. The van der Waals surface area contributed by atoms with Crippen LogP contribution in [0.4, 0.5) is 21.5 Å². The molecule has 0 aliphatic rings. The number of carbonyl (C=O) groups is 1. The van der Waals surface area contributed by atoms with E-state index in [-0.39, 0.29) is 16.3 Å². The van der Waals surface area contributed by atoms with Crippen molar-refractivity contribution < 1.29 is 14.3 Å². The highest BCUT2D eigenvalue weighted by molar-refractivity contribution is 6.33. The van der Waals surface area contributed by atoms with Gasteiger partial charge in [0.15, 0.2) is 0 Å². The summed E-state index contributed by atoms with van der Waals surface area (Å²) < 4.78 is 13.0. The number of aromatic carboxylic acids is 1. The second-order valence-electron chi connectivity index (χ2n) is 4.31. The normalized spacial score (nSPS) is 10.3. The summed E-state index contributed by atoms with van der Waals surface area (Å²) in [5, 5.41) is 12.2. The minimum Gasteiger partial charge on any atom is -0.478 e. The quantitative estimate of drug-likeness (QED) is 0.752. The SMILES string of the molecule is Cc1cc(Nc2ccc(F)cc2Cl)cc(C(=O)O)c1N. The lowest BCUT2D eigenvalue weighted by Crippen LogP contribution is -2.05. The molecule has 2 rings (SSSR count). The van der Waals surface area contributed by atoms with Gasteiger partial charge in [0, 0.05) is 11.4 Å². The van der Waals surface area contributed by atoms with Crippen LogP contribution in [0.3, 0.4) is 0 Å². The molecule has 0 aromatic heterocycles. The van der Waals surface area contributed by atoms with Gasteiger partial charge in [-0.05, 0) is 42.8 Å². The molecule has 6 heteroatoms. The maximum Gasteiger partial charge on any atom is 0.337 e. The summed E-state index contributed by atoms with van der Waals surface area (Å²) in [5.74, 6) is -1.56. The van der Waals surface area contributed by atoms with Gasteiger partial charge >= 0.3 is 5.97 Å². The Morgan fingerprint density at radius 3 is 2.65 bits per heavy atom. The Labute approximate surface area is 120 Å². The second kappa shape index (κ2) is 5.38. The number of nitrogen functional groups attached to an aromatic ring is 1. The Hall–Kier alpha value is -2.27. The van der Waals surface area contributed by atoms with E-state index in [1.54, 1.807) is 13.0 Å². The van der Waals surface area contributed by atoms with Gasteiger partial charge in [0.2, 0.25) is 0 Å². The molecule has 0 radical (unpaired) electrons. The van der Waals surface area contributed by atoms with Crippen molar-refractivity contribution in [2.45, 2.75) is 6.92 Å². The summed E-state index contributed by atoms with van der Waals surface area (Å²) in [5.41, 5.74) is 7.56. The Bertz CT molecular complexity index is 689. The largest absolute Gasteiger partial charge is 0.478 e. The number of nitrogens with two attached hydrogens (primary N) is 1. The number of rotatable bonds is 3. The first-order chi connectivity index (χ1) is 9.38. The fraction of sp³-hybridized carbons (Fsp3) is 0.0714. The zero-order valence-electron chi connectivity index (χ0n) is 10.6. The predicted molar refractivity (Wildman–Crippen MR) is 77.2 cm³/mol. The molecule has 0 aliphatic heterocycles. The minimum atomic E-state index is -1.11. The summed E-state index contributed by atoms with van der Waals surface area (Å²) in [4.78, 5) is 11.1. The van der Waals surface area contributed by atoms with Gasteiger partial charge < -0.3 is 16.2 Å². The van der Waals surface area contributed by atoms with Crippen LogP contribution in [0.1, 0.15) is 15.9 Å². The number of hydrogen-bond donors (Lipinski definition) is 3. The number of hydrogen-bond acceptors (Lipinski definition) is 3. The summed E-state index contributed by atoms with van der Waals surface area (Å²) in [6.45, 7) is 1.71. The first-order valence-electron chi connectivity index (χ1n) is 5.74. The molecule has 4 nitrogen and oxygen atoms in total. The first-order valence-corrected chi connectivity index (χ1v) is 6.12.